The minimum atomic E-state index is 0.557. The van der Waals surface area contributed by atoms with Crippen molar-refractivity contribution in [2.75, 3.05) is 30.8 Å². The highest BCUT2D eigenvalue weighted by molar-refractivity contribution is 5.55. The summed E-state index contributed by atoms with van der Waals surface area (Å²) < 4.78 is 0. The van der Waals surface area contributed by atoms with E-state index in [0.29, 0.717) is 12.1 Å². The van der Waals surface area contributed by atoms with Crippen molar-refractivity contribution in [2.45, 2.75) is 46.7 Å². The zero-order chi connectivity index (χ0) is 14.4. The fourth-order valence-electron chi connectivity index (χ4n) is 2.30. The third-order valence-corrected chi connectivity index (χ3v) is 3.31. The molecule has 1 rings (SSSR count). The van der Waals surface area contributed by atoms with E-state index in [9.17, 15) is 0 Å². The van der Waals surface area contributed by atoms with Crippen LogP contribution in [0.2, 0.25) is 0 Å². The Labute approximate surface area is 116 Å². The van der Waals surface area contributed by atoms with Crippen LogP contribution in [0, 0.1) is 6.92 Å². The first-order valence-corrected chi connectivity index (χ1v) is 6.96. The summed E-state index contributed by atoms with van der Waals surface area (Å²) in [5, 5.41) is 6.46. The molecule has 0 amide bonds. The maximum atomic E-state index is 4.29. The molecular weight excluding hydrogens is 238 g/mol. The molecule has 0 atom stereocenters. The van der Waals surface area contributed by atoms with Gasteiger partial charge in [0.2, 0.25) is 0 Å². The summed E-state index contributed by atoms with van der Waals surface area (Å²) in [6.07, 6.45) is 1.59. The first-order chi connectivity index (χ1) is 8.97. The lowest BCUT2D eigenvalue weighted by molar-refractivity contribution is 0.182. The summed E-state index contributed by atoms with van der Waals surface area (Å²) >= 11 is 0. The van der Waals surface area contributed by atoms with Gasteiger partial charge < -0.3 is 10.6 Å². The zero-order valence-electron chi connectivity index (χ0n) is 13.0. The van der Waals surface area contributed by atoms with E-state index >= 15 is 0 Å². The lowest BCUT2D eigenvalue weighted by Gasteiger charge is -2.30. The molecule has 1 aromatic heterocycles. The molecule has 0 aromatic carbocycles. The summed E-state index contributed by atoms with van der Waals surface area (Å²) in [4.78, 5) is 10.9. The average Bonchev–Trinajstić information content (AvgIpc) is 2.35. The van der Waals surface area contributed by atoms with E-state index in [1.807, 2.05) is 14.0 Å². The van der Waals surface area contributed by atoms with Gasteiger partial charge in [-0.25, -0.2) is 9.97 Å². The van der Waals surface area contributed by atoms with E-state index in [1.54, 1.807) is 6.33 Å². The molecule has 1 aromatic rings. The van der Waals surface area contributed by atoms with Gasteiger partial charge >= 0.3 is 0 Å². The van der Waals surface area contributed by atoms with Crippen molar-refractivity contribution in [1.82, 2.24) is 14.9 Å². The van der Waals surface area contributed by atoms with Gasteiger partial charge in [-0.3, -0.25) is 4.90 Å². The molecule has 0 saturated heterocycles. The molecule has 5 nitrogen and oxygen atoms in total. The predicted molar refractivity (Wildman–Crippen MR) is 81.8 cm³/mol. The highest BCUT2D eigenvalue weighted by Gasteiger charge is 2.13. The first-order valence-electron chi connectivity index (χ1n) is 6.96. The number of rotatable bonds is 7. The molecule has 0 fully saturated rings. The molecule has 108 valence electrons. The highest BCUT2D eigenvalue weighted by atomic mass is 15.2. The topological polar surface area (TPSA) is 53.1 Å². The molecule has 19 heavy (non-hydrogen) atoms. The fraction of sp³-hybridized carbons (Fsp3) is 0.714. The Balaban J connectivity index is 2.58. The third kappa shape index (κ3) is 4.35. The lowest BCUT2D eigenvalue weighted by atomic mass is 10.2. The maximum Gasteiger partial charge on any atom is 0.134 e. The van der Waals surface area contributed by atoms with Crippen LogP contribution in [0.3, 0.4) is 0 Å². The fourth-order valence-corrected chi connectivity index (χ4v) is 2.30. The molecular formula is C14H27N5. The van der Waals surface area contributed by atoms with Gasteiger partial charge in [0, 0.05) is 37.8 Å². The normalized spacial score (nSPS) is 11.4. The Kier molecular flexibility index (Phi) is 6.02. The second-order valence-corrected chi connectivity index (χ2v) is 5.30. The van der Waals surface area contributed by atoms with Crippen LogP contribution in [-0.4, -0.2) is 47.1 Å². The van der Waals surface area contributed by atoms with E-state index in [-0.39, 0.29) is 0 Å². The number of hydrogen-bond acceptors (Lipinski definition) is 5. The summed E-state index contributed by atoms with van der Waals surface area (Å²) in [5.41, 5.74) is 1.06. The molecule has 0 aliphatic heterocycles. The summed E-state index contributed by atoms with van der Waals surface area (Å²) in [6.45, 7) is 12.8. The third-order valence-electron chi connectivity index (χ3n) is 3.31. The Morgan fingerprint density at radius 2 is 1.68 bits per heavy atom. The quantitative estimate of drug-likeness (QED) is 0.792. The molecule has 2 N–H and O–H groups in total. The molecule has 0 bridgehead atoms. The van der Waals surface area contributed by atoms with E-state index in [1.165, 1.54) is 0 Å². The molecule has 0 radical (unpaired) electrons. The number of nitrogens with zero attached hydrogens (tertiary/aromatic N) is 3. The van der Waals surface area contributed by atoms with E-state index in [2.05, 4.69) is 53.2 Å². The van der Waals surface area contributed by atoms with Gasteiger partial charge in [-0.2, -0.15) is 0 Å². The maximum absolute atomic E-state index is 4.29. The van der Waals surface area contributed by atoms with Crippen molar-refractivity contribution in [3.05, 3.63) is 11.9 Å². The van der Waals surface area contributed by atoms with Gasteiger partial charge in [0.1, 0.15) is 18.0 Å². The van der Waals surface area contributed by atoms with Gasteiger partial charge in [0.05, 0.1) is 0 Å². The predicted octanol–water partition coefficient (Wildman–Crippen LogP) is 2.36. The van der Waals surface area contributed by atoms with Crippen LogP contribution in [0.15, 0.2) is 6.33 Å². The Morgan fingerprint density at radius 1 is 1.11 bits per heavy atom. The van der Waals surface area contributed by atoms with Gasteiger partial charge in [-0.1, -0.05) is 0 Å². The van der Waals surface area contributed by atoms with Crippen LogP contribution < -0.4 is 10.6 Å². The van der Waals surface area contributed by atoms with Crippen LogP contribution in [0.25, 0.3) is 0 Å². The molecule has 0 saturated carbocycles. The van der Waals surface area contributed by atoms with Crippen molar-refractivity contribution in [3.8, 4) is 0 Å². The van der Waals surface area contributed by atoms with Crippen molar-refractivity contribution in [1.29, 1.82) is 0 Å². The largest absolute Gasteiger partial charge is 0.373 e. The molecule has 5 heteroatoms. The van der Waals surface area contributed by atoms with Gasteiger partial charge in [-0.05, 0) is 34.6 Å². The molecule has 0 aliphatic carbocycles. The minimum Gasteiger partial charge on any atom is -0.373 e. The van der Waals surface area contributed by atoms with E-state index in [0.717, 1.165) is 30.3 Å². The summed E-state index contributed by atoms with van der Waals surface area (Å²) in [5.74, 6) is 1.79. The van der Waals surface area contributed by atoms with Crippen LogP contribution in [0.5, 0.6) is 0 Å². The Bertz CT molecular complexity index is 381. The Morgan fingerprint density at radius 3 is 2.21 bits per heavy atom. The zero-order valence-corrected chi connectivity index (χ0v) is 13.0. The van der Waals surface area contributed by atoms with Crippen molar-refractivity contribution < 1.29 is 0 Å². The van der Waals surface area contributed by atoms with E-state index in [4.69, 9.17) is 0 Å². The molecule has 0 aliphatic rings. The average molecular weight is 265 g/mol. The minimum absolute atomic E-state index is 0.557. The van der Waals surface area contributed by atoms with Crippen LogP contribution >= 0.6 is 0 Å². The second-order valence-electron chi connectivity index (χ2n) is 5.30. The highest BCUT2D eigenvalue weighted by Crippen LogP contribution is 2.17. The summed E-state index contributed by atoms with van der Waals surface area (Å²) in [7, 11) is 1.87. The van der Waals surface area contributed by atoms with Gasteiger partial charge in [-0.15, -0.1) is 0 Å². The molecule has 0 spiro atoms. The van der Waals surface area contributed by atoms with Gasteiger partial charge in [0.15, 0.2) is 0 Å². The van der Waals surface area contributed by atoms with Crippen LogP contribution in [0.1, 0.15) is 33.3 Å². The first kappa shape index (κ1) is 15.7. The SMILES string of the molecule is CNc1ncnc(NCCN(C(C)C)C(C)C)c1C. The standard InChI is InChI=1S/C14H27N5/c1-10(2)19(11(3)4)8-7-16-14-12(5)13(15-6)17-9-18-14/h9-11H,7-8H2,1-6H3,(H2,15,16,17,18). The molecule has 0 unspecified atom stereocenters. The van der Waals surface area contributed by atoms with Crippen molar-refractivity contribution in [3.63, 3.8) is 0 Å². The van der Waals surface area contributed by atoms with Crippen LogP contribution in [0.4, 0.5) is 11.6 Å². The van der Waals surface area contributed by atoms with Crippen molar-refractivity contribution in [2.24, 2.45) is 0 Å². The smallest absolute Gasteiger partial charge is 0.134 e. The lowest BCUT2D eigenvalue weighted by Crippen LogP contribution is -2.40. The van der Waals surface area contributed by atoms with E-state index < -0.39 is 0 Å². The number of nitrogens with one attached hydrogen (secondary N) is 2. The van der Waals surface area contributed by atoms with Gasteiger partial charge in [0.25, 0.3) is 0 Å². The second kappa shape index (κ2) is 7.28. The Hall–Kier alpha value is -1.36. The van der Waals surface area contributed by atoms with Crippen LogP contribution in [-0.2, 0) is 0 Å². The number of anilines is 2. The number of hydrogen-bond donors (Lipinski definition) is 2. The summed E-state index contributed by atoms with van der Waals surface area (Å²) in [6, 6.07) is 1.11. The molecule has 1 heterocycles. The van der Waals surface area contributed by atoms with Crippen molar-refractivity contribution >= 4 is 11.6 Å². The number of aromatic nitrogens is 2. The monoisotopic (exact) mass is 265 g/mol.